The predicted octanol–water partition coefficient (Wildman–Crippen LogP) is 3.58. The van der Waals surface area contributed by atoms with Crippen LogP contribution >= 0.6 is 0 Å². The Morgan fingerprint density at radius 2 is 1.04 bits per heavy atom. The zero-order valence-electron chi connectivity index (χ0n) is 15.6. The van der Waals surface area contributed by atoms with Gasteiger partial charge in [0.05, 0.1) is 37.8 Å². The van der Waals surface area contributed by atoms with Crippen LogP contribution in [0.5, 0.6) is 0 Å². The first-order valence-electron chi connectivity index (χ1n) is 9.28. The smallest absolute Gasteiger partial charge is 0.102 e. The first-order valence-corrected chi connectivity index (χ1v) is 9.28. The van der Waals surface area contributed by atoms with Crippen molar-refractivity contribution in [2.45, 2.75) is 25.4 Å². The van der Waals surface area contributed by atoms with Crippen molar-refractivity contribution < 1.29 is 19.7 Å². The van der Waals surface area contributed by atoms with E-state index in [-0.39, 0.29) is 13.2 Å². The second kappa shape index (κ2) is 10.7. The SMILES string of the molecule is O[C@H](COCc1cccc(COC[C@@H](O)c2ccccc2)n1)c1ccccc1. The number of pyridine rings is 1. The summed E-state index contributed by atoms with van der Waals surface area (Å²) in [6.45, 7) is 1.03. The fourth-order valence-corrected chi connectivity index (χ4v) is 2.78. The van der Waals surface area contributed by atoms with Gasteiger partial charge >= 0.3 is 0 Å². The minimum atomic E-state index is -0.660. The van der Waals surface area contributed by atoms with Crippen LogP contribution in [-0.2, 0) is 22.7 Å². The van der Waals surface area contributed by atoms with E-state index in [4.69, 9.17) is 9.47 Å². The summed E-state index contributed by atoms with van der Waals surface area (Å²) in [4.78, 5) is 4.50. The van der Waals surface area contributed by atoms with Gasteiger partial charge in [0, 0.05) is 0 Å². The topological polar surface area (TPSA) is 71.8 Å². The van der Waals surface area contributed by atoms with E-state index in [0.29, 0.717) is 13.2 Å². The Bertz CT molecular complexity index is 760. The molecule has 0 aliphatic rings. The van der Waals surface area contributed by atoms with Crippen molar-refractivity contribution in [3.8, 4) is 0 Å². The maximum absolute atomic E-state index is 10.1. The van der Waals surface area contributed by atoms with E-state index in [1.54, 1.807) is 0 Å². The fourth-order valence-electron chi connectivity index (χ4n) is 2.78. The molecule has 1 aromatic heterocycles. The van der Waals surface area contributed by atoms with Crippen LogP contribution in [0.1, 0.15) is 34.7 Å². The lowest BCUT2D eigenvalue weighted by molar-refractivity contribution is 0.0233. The molecule has 3 aromatic rings. The number of hydrogen-bond donors (Lipinski definition) is 2. The molecule has 2 N–H and O–H groups in total. The molecule has 0 spiro atoms. The van der Waals surface area contributed by atoms with Crippen molar-refractivity contribution >= 4 is 0 Å². The fraction of sp³-hybridized carbons (Fsp3) is 0.261. The molecule has 0 saturated heterocycles. The summed E-state index contributed by atoms with van der Waals surface area (Å²) in [7, 11) is 0. The number of hydrogen-bond acceptors (Lipinski definition) is 5. The Labute approximate surface area is 165 Å². The van der Waals surface area contributed by atoms with Crippen LogP contribution < -0.4 is 0 Å². The van der Waals surface area contributed by atoms with Crippen molar-refractivity contribution in [3.05, 3.63) is 101 Å². The van der Waals surface area contributed by atoms with Gasteiger partial charge in [0.1, 0.15) is 12.2 Å². The molecule has 146 valence electrons. The van der Waals surface area contributed by atoms with Crippen LogP contribution in [0.2, 0.25) is 0 Å². The van der Waals surface area contributed by atoms with Crippen molar-refractivity contribution in [1.82, 2.24) is 4.98 Å². The predicted molar refractivity (Wildman–Crippen MR) is 106 cm³/mol. The first kappa shape index (κ1) is 20.2. The molecular formula is C23H25NO4. The standard InChI is InChI=1S/C23H25NO4/c25-22(18-8-3-1-4-9-18)16-27-14-20-12-7-13-21(24-20)15-28-17-23(26)19-10-5-2-6-11-19/h1-13,22-23,25-26H,14-17H2/t22-,23-/m1/s1. The van der Waals surface area contributed by atoms with Gasteiger partial charge in [-0.3, -0.25) is 4.98 Å². The van der Waals surface area contributed by atoms with Gasteiger partial charge < -0.3 is 19.7 Å². The number of benzene rings is 2. The third kappa shape index (κ3) is 6.25. The van der Waals surface area contributed by atoms with Crippen LogP contribution in [0.25, 0.3) is 0 Å². The molecule has 3 rings (SSSR count). The Kier molecular flexibility index (Phi) is 7.70. The van der Waals surface area contributed by atoms with Gasteiger partial charge in [0.15, 0.2) is 0 Å². The zero-order valence-corrected chi connectivity index (χ0v) is 15.6. The molecule has 28 heavy (non-hydrogen) atoms. The number of nitrogens with zero attached hydrogens (tertiary/aromatic N) is 1. The van der Waals surface area contributed by atoms with Gasteiger partial charge in [0.25, 0.3) is 0 Å². The largest absolute Gasteiger partial charge is 0.386 e. The lowest BCUT2D eigenvalue weighted by atomic mass is 10.1. The Morgan fingerprint density at radius 3 is 1.46 bits per heavy atom. The number of aromatic nitrogens is 1. The molecule has 5 nitrogen and oxygen atoms in total. The monoisotopic (exact) mass is 379 g/mol. The van der Waals surface area contributed by atoms with Crippen molar-refractivity contribution in [2.75, 3.05) is 13.2 Å². The van der Waals surface area contributed by atoms with E-state index < -0.39 is 12.2 Å². The zero-order chi connectivity index (χ0) is 19.6. The van der Waals surface area contributed by atoms with E-state index >= 15 is 0 Å². The average molecular weight is 379 g/mol. The Hall–Kier alpha value is -2.57. The molecule has 5 heteroatoms. The highest BCUT2D eigenvalue weighted by Crippen LogP contribution is 2.14. The van der Waals surface area contributed by atoms with Gasteiger partial charge in [-0.05, 0) is 23.3 Å². The van der Waals surface area contributed by atoms with Crippen molar-refractivity contribution in [3.63, 3.8) is 0 Å². The molecule has 1 heterocycles. The summed E-state index contributed by atoms with van der Waals surface area (Å²) < 4.78 is 11.2. The summed E-state index contributed by atoms with van der Waals surface area (Å²) in [6, 6.07) is 24.5. The van der Waals surface area contributed by atoms with Gasteiger partial charge in [-0.25, -0.2) is 0 Å². The number of aliphatic hydroxyl groups excluding tert-OH is 2. The highest BCUT2D eigenvalue weighted by molar-refractivity contribution is 5.18. The van der Waals surface area contributed by atoms with Gasteiger partial charge in [0.2, 0.25) is 0 Å². The number of ether oxygens (including phenoxy) is 2. The minimum absolute atomic E-state index is 0.204. The second-order valence-corrected chi connectivity index (χ2v) is 6.50. The molecule has 0 saturated carbocycles. The van der Waals surface area contributed by atoms with Crippen LogP contribution in [0.4, 0.5) is 0 Å². The summed E-state index contributed by atoms with van der Waals surface area (Å²) in [5.74, 6) is 0. The third-order valence-corrected chi connectivity index (χ3v) is 4.28. The molecular weight excluding hydrogens is 354 g/mol. The molecule has 0 aliphatic carbocycles. The second-order valence-electron chi connectivity index (χ2n) is 6.50. The quantitative estimate of drug-likeness (QED) is 0.563. The van der Waals surface area contributed by atoms with Gasteiger partial charge in [-0.1, -0.05) is 66.7 Å². The third-order valence-electron chi connectivity index (χ3n) is 4.28. The Balaban J connectivity index is 1.42. The summed E-state index contributed by atoms with van der Waals surface area (Å²) in [5, 5.41) is 20.3. The van der Waals surface area contributed by atoms with Gasteiger partial charge in [-0.15, -0.1) is 0 Å². The van der Waals surface area contributed by atoms with Crippen LogP contribution in [0.15, 0.2) is 78.9 Å². The molecule has 2 aromatic carbocycles. The molecule has 0 unspecified atom stereocenters. The van der Waals surface area contributed by atoms with E-state index in [0.717, 1.165) is 22.5 Å². The van der Waals surface area contributed by atoms with Crippen molar-refractivity contribution in [1.29, 1.82) is 0 Å². The van der Waals surface area contributed by atoms with Crippen LogP contribution in [0, 0.1) is 0 Å². The van der Waals surface area contributed by atoms with Crippen molar-refractivity contribution in [2.24, 2.45) is 0 Å². The molecule has 2 atom stereocenters. The van der Waals surface area contributed by atoms with E-state index in [1.807, 2.05) is 78.9 Å². The minimum Gasteiger partial charge on any atom is -0.386 e. The lowest BCUT2D eigenvalue weighted by Crippen LogP contribution is -2.09. The number of rotatable bonds is 10. The normalized spacial score (nSPS) is 13.2. The molecule has 0 amide bonds. The first-order chi connectivity index (χ1) is 13.7. The van der Waals surface area contributed by atoms with E-state index in [9.17, 15) is 10.2 Å². The average Bonchev–Trinajstić information content (AvgIpc) is 2.75. The van der Waals surface area contributed by atoms with E-state index in [2.05, 4.69) is 4.98 Å². The van der Waals surface area contributed by atoms with Crippen LogP contribution in [-0.4, -0.2) is 28.4 Å². The van der Waals surface area contributed by atoms with Gasteiger partial charge in [-0.2, -0.15) is 0 Å². The van der Waals surface area contributed by atoms with Crippen LogP contribution in [0.3, 0.4) is 0 Å². The molecule has 0 fully saturated rings. The maximum Gasteiger partial charge on any atom is 0.102 e. The number of aliphatic hydroxyl groups is 2. The summed E-state index contributed by atoms with van der Waals surface area (Å²) in [5.41, 5.74) is 3.19. The van der Waals surface area contributed by atoms with E-state index in [1.165, 1.54) is 0 Å². The summed E-state index contributed by atoms with van der Waals surface area (Å²) >= 11 is 0. The highest BCUT2D eigenvalue weighted by Gasteiger charge is 2.09. The maximum atomic E-state index is 10.1. The Morgan fingerprint density at radius 1 is 0.607 bits per heavy atom. The lowest BCUT2D eigenvalue weighted by Gasteiger charge is -2.13. The molecule has 0 bridgehead atoms. The molecule has 0 aliphatic heterocycles. The molecule has 0 radical (unpaired) electrons. The summed E-state index contributed by atoms with van der Waals surface area (Å²) in [6.07, 6.45) is -1.32. The highest BCUT2D eigenvalue weighted by atomic mass is 16.5.